The molecule has 3 aromatic rings. The maximum Gasteiger partial charge on any atom is 0.341 e. The highest BCUT2D eigenvalue weighted by molar-refractivity contribution is 5.94. The van der Waals surface area contributed by atoms with Gasteiger partial charge in [-0.1, -0.05) is 18.2 Å². The highest BCUT2D eigenvalue weighted by atomic mass is 19.1. The van der Waals surface area contributed by atoms with Crippen LogP contribution < -0.4 is 10.3 Å². The molecule has 0 bridgehead atoms. The molecule has 2 heterocycles. The topological polar surface area (TPSA) is 82.8 Å². The summed E-state index contributed by atoms with van der Waals surface area (Å²) in [6.45, 7) is 0.339. The van der Waals surface area contributed by atoms with Crippen LogP contribution in [0, 0.1) is 11.6 Å². The van der Waals surface area contributed by atoms with Crippen LogP contribution in [0.15, 0.2) is 47.4 Å². The molecule has 1 aliphatic heterocycles. The molecule has 2 N–H and O–H groups in total. The lowest BCUT2D eigenvalue weighted by Gasteiger charge is -2.22. The molecule has 144 valence electrons. The number of nitrogens with zero attached hydrogens (tertiary/aromatic N) is 2. The van der Waals surface area contributed by atoms with Gasteiger partial charge in [-0.25, -0.2) is 13.6 Å². The molecule has 6 nitrogen and oxygen atoms in total. The number of pyridine rings is 1. The minimum Gasteiger partial charge on any atom is -0.477 e. The van der Waals surface area contributed by atoms with Gasteiger partial charge in [0.15, 0.2) is 5.82 Å². The van der Waals surface area contributed by atoms with E-state index in [2.05, 4.69) is 0 Å². The first-order valence-corrected chi connectivity index (χ1v) is 8.67. The molecule has 1 aromatic heterocycles. The molecule has 0 saturated carbocycles. The zero-order valence-electron chi connectivity index (χ0n) is 14.6. The lowest BCUT2D eigenvalue weighted by atomic mass is 10.1. The minimum atomic E-state index is -1.48. The van der Waals surface area contributed by atoms with E-state index in [-0.39, 0.29) is 29.7 Å². The number of aliphatic hydroxyl groups excluding tert-OH is 1. The maximum absolute atomic E-state index is 15.5. The second-order valence-corrected chi connectivity index (χ2v) is 6.69. The van der Waals surface area contributed by atoms with Crippen molar-refractivity contribution in [3.8, 4) is 5.69 Å². The van der Waals surface area contributed by atoms with E-state index in [1.165, 1.54) is 9.47 Å². The molecule has 4 rings (SSSR count). The number of hydrogen-bond acceptors (Lipinski definition) is 4. The van der Waals surface area contributed by atoms with E-state index in [9.17, 15) is 24.2 Å². The number of β-amino-alcohol motifs (C(OH)–C–C–N with tert-alkyl or cyclic N) is 1. The third kappa shape index (κ3) is 2.82. The maximum atomic E-state index is 15.5. The smallest absolute Gasteiger partial charge is 0.341 e. The van der Waals surface area contributed by atoms with Gasteiger partial charge in [-0.2, -0.15) is 0 Å². The number of anilines is 1. The van der Waals surface area contributed by atoms with Gasteiger partial charge >= 0.3 is 5.97 Å². The van der Waals surface area contributed by atoms with Crippen molar-refractivity contribution in [2.45, 2.75) is 12.5 Å². The number of aromatic carboxylic acids is 1. The molecule has 1 saturated heterocycles. The first-order valence-electron chi connectivity index (χ1n) is 8.67. The molecular formula is C20H16F2N2O4. The van der Waals surface area contributed by atoms with Crippen molar-refractivity contribution in [3.63, 3.8) is 0 Å². The average molecular weight is 386 g/mol. The van der Waals surface area contributed by atoms with Gasteiger partial charge in [0.1, 0.15) is 17.1 Å². The first-order chi connectivity index (χ1) is 13.4. The quantitative estimate of drug-likeness (QED) is 0.723. The molecule has 1 aliphatic rings. The van der Waals surface area contributed by atoms with E-state index < -0.39 is 34.7 Å². The van der Waals surface area contributed by atoms with Crippen molar-refractivity contribution in [1.29, 1.82) is 0 Å². The number of para-hydroxylation sites is 1. The summed E-state index contributed by atoms with van der Waals surface area (Å²) in [7, 11) is 0. The highest BCUT2D eigenvalue weighted by Crippen LogP contribution is 2.33. The van der Waals surface area contributed by atoms with Gasteiger partial charge < -0.3 is 19.7 Å². The normalized spacial score (nSPS) is 16.7. The molecule has 0 amide bonds. The number of aromatic nitrogens is 1. The Bertz CT molecular complexity index is 1140. The van der Waals surface area contributed by atoms with Gasteiger partial charge in [0.25, 0.3) is 0 Å². The largest absolute Gasteiger partial charge is 0.477 e. The standard InChI is InChI=1S/C20H16F2N2O4/c21-15-8-13-17(16(22)18(15)23-7-6-12(25)9-23)24(11-4-2-1-3-5-11)10-14(19(13)26)20(27)28/h1-5,8,10,12,25H,6-7,9H2,(H,27,28). The van der Waals surface area contributed by atoms with Crippen molar-refractivity contribution in [1.82, 2.24) is 4.57 Å². The van der Waals surface area contributed by atoms with Gasteiger partial charge in [-0.05, 0) is 24.6 Å². The Hall–Kier alpha value is -3.26. The Morgan fingerprint density at radius 3 is 2.50 bits per heavy atom. The van der Waals surface area contributed by atoms with Crippen LogP contribution in [0.25, 0.3) is 16.6 Å². The van der Waals surface area contributed by atoms with Crippen molar-refractivity contribution >= 4 is 22.6 Å². The predicted molar refractivity (Wildman–Crippen MR) is 99.3 cm³/mol. The number of aliphatic hydroxyl groups is 1. The summed E-state index contributed by atoms with van der Waals surface area (Å²) < 4.78 is 31.5. The zero-order chi connectivity index (χ0) is 20.0. The van der Waals surface area contributed by atoms with E-state index in [4.69, 9.17) is 0 Å². The number of halogens is 2. The summed E-state index contributed by atoms with van der Waals surface area (Å²) in [6.07, 6.45) is 0.729. The summed E-state index contributed by atoms with van der Waals surface area (Å²) in [5.74, 6) is -3.43. The Morgan fingerprint density at radius 1 is 1.18 bits per heavy atom. The van der Waals surface area contributed by atoms with Crippen LogP contribution in [0.3, 0.4) is 0 Å². The van der Waals surface area contributed by atoms with Crippen LogP contribution in [0.5, 0.6) is 0 Å². The summed E-state index contributed by atoms with van der Waals surface area (Å²) in [5.41, 5.74) is -1.66. The molecule has 8 heteroatoms. The van der Waals surface area contributed by atoms with Gasteiger partial charge in [-0.3, -0.25) is 4.79 Å². The van der Waals surface area contributed by atoms with Crippen LogP contribution >= 0.6 is 0 Å². The van der Waals surface area contributed by atoms with Crippen LogP contribution in [0.4, 0.5) is 14.5 Å². The Labute approximate surface area is 157 Å². The number of carboxylic acid groups (broad SMARTS) is 1. The van der Waals surface area contributed by atoms with E-state index in [0.29, 0.717) is 12.1 Å². The number of carbonyl (C=O) groups is 1. The molecular weight excluding hydrogens is 370 g/mol. The number of rotatable bonds is 3. The SMILES string of the molecule is O=C(O)c1cn(-c2ccccc2)c2c(F)c(N3CCC(O)C3)c(F)cc2c1=O. The number of benzene rings is 2. The van der Waals surface area contributed by atoms with E-state index in [1.54, 1.807) is 30.3 Å². The monoisotopic (exact) mass is 386 g/mol. The van der Waals surface area contributed by atoms with Crippen LogP contribution in [-0.4, -0.2) is 39.9 Å². The van der Waals surface area contributed by atoms with Crippen molar-refractivity contribution < 1.29 is 23.8 Å². The second kappa shape index (κ2) is 6.72. The number of carboxylic acids is 1. The van der Waals surface area contributed by atoms with E-state index >= 15 is 4.39 Å². The Kier molecular flexibility index (Phi) is 4.35. The van der Waals surface area contributed by atoms with Gasteiger partial charge in [0.05, 0.1) is 17.0 Å². The lowest BCUT2D eigenvalue weighted by Crippen LogP contribution is -2.25. The summed E-state index contributed by atoms with van der Waals surface area (Å²) in [4.78, 5) is 25.4. The molecule has 1 fully saturated rings. The third-order valence-electron chi connectivity index (χ3n) is 4.90. The summed E-state index contributed by atoms with van der Waals surface area (Å²) in [5, 5.41) is 18.7. The van der Waals surface area contributed by atoms with Crippen LogP contribution in [0.2, 0.25) is 0 Å². The minimum absolute atomic E-state index is 0.0716. The molecule has 0 radical (unpaired) electrons. The molecule has 1 unspecified atom stereocenters. The van der Waals surface area contributed by atoms with Crippen LogP contribution in [-0.2, 0) is 0 Å². The summed E-state index contributed by atoms with van der Waals surface area (Å²) in [6, 6.07) is 9.21. The van der Waals surface area contributed by atoms with Gasteiger partial charge in [0, 0.05) is 25.0 Å². The highest BCUT2D eigenvalue weighted by Gasteiger charge is 2.29. The number of fused-ring (bicyclic) bond motifs is 1. The fraction of sp³-hybridized carbons (Fsp3) is 0.200. The molecule has 2 aromatic carbocycles. The van der Waals surface area contributed by atoms with Crippen molar-refractivity contribution in [2.24, 2.45) is 0 Å². The summed E-state index contributed by atoms with van der Waals surface area (Å²) >= 11 is 0. The van der Waals surface area contributed by atoms with Gasteiger partial charge in [0.2, 0.25) is 5.43 Å². The zero-order valence-corrected chi connectivity index (χ0v) is 14.6. The van der Waals surface area contributed by atoms with Crippen molar-refractivity contribution in [2.75, 3.05) is 18.0 Å². The molecule has 28 heavy (non-hydrogen) atoms. The Balaban J connectivity index is 2.10. The second-order valence-electron chi connectivity index (χ2n) is 6.69. The third-order valence-corrected chi connectivity index (χ3v) is 4.90. The number of hydrogen-bond donors (Lipinski definition) is 2. The van der Waals surface area contributed by atoms with Crippen molar-refractivity contribution in [3.05, 3.63) is 70.0 Å². The van der Waals surface area contributed by atoms with E-state index in [1.807, 2.05) is 0 Å². The van der Waals surface area contributed by atoms with Crippen LogP contribution in [0.1, 0.15) is 16.8 Å². The Morgan fingerprint density at radius 2 is 1.89 bits per heavy atom. The fourth-order valence-corrected chi connectivity index (χ4v) is 3.58. The molecule has 0 spiro atoms. The lowest BCUT2D eigenvalue weighted by molar-refractivity contribution is 0.0695. The fourth-order valence-electron chi connectivity index (χ4n) is 3.58. The average Bonchev–Trinajstić information content (AvgIpc) is 3.09. The van der Waals surface area contributed by atoms with Gasteiger partial charge in [-0.15, -0.1) is 0 Å². The first kappa shape index (κ1) is 18.1. The molecule has 1 atom stereocenters. The molecule has 0 aliphatic carbocycles. The van der Waals surface area contributed by atoms with E-state index in [0.717, 1.165) is 12.3 Å². The predicted octanol–water partition coefficient (Wildman–Crippen LogP) is 2.54.